The standard InChI is InChI=1S/C16H20N2O5/c1-15(2,3)16(12(19)20)10-17-13(21)18(16,14(22)23)9-11-7-5-4-6-8-11/h4-8H,9-10H2,1-3H3,(H2-,17,19,20,21,22,23). The fourth-order valence-electron chi connectivity index (χ4n) is 3.41. The zero-order chi connectivity index (χ0) is 17.5. The van der Waals surface area contributed by atoms with E-state index >= 15 is 0 Å². The van der Waals surface area contributed by atoms with E-state index in [0.717, 1.165) is 0 Å². The number of quaternary nitrogens is 1. The zero-order valence-electron chi connectivity index (χ0n) is 13.3. The largest absolute Gasteiger partial charge is 0.498 e. The number of nitrogens with one attached hydrogen (secondary N) is 1. The van der Waals surface area contributed by atoms with Crippen molar-refractivity contribution in [2.75, 3.05) is 6.54 Å². The summed E-state index contributed by atoms with van der Waals surface area (Å²) in [4.78, 5) is 36.7. The molecule has 1 saturated heterocycles. The van der Waals surface area contributed by atoms with Crippen LogP contribution in [0.25, 0.3) is 0 Å². The molecule has 1 aliphatic rings. The Bertz CT molecular complexity index is 652. The van der Waals surface area contributed by atoms with Crippen molar-refractivity contribution in [1.82, 2.24) is 5.32 Å². The first-order chi connectivity index (χ1) is 10.6. The van der Waals surface area contributed by atoms with Crippen molar-refractivity contribution < 1.29 is 29.1 Å². The van der Waals surface area contributed by atoms with Crippen molar-refractivity contribution in [1.29, 1.82) is 0 Å². The topological polar surface area (TPSA) is 107 Å². The molecule has 0 bridgehead atoms. The van der Waals surface area contributed by atoms with Crippen molar-refractivity contribution in [3.05, 3.63) is 35.9 Å². The normalized spacial score (nSPS) is 27.5. The van der Waals surface area contributed by atoms with Gasteiger partial charge in [-0.05, 0) is 0 Å². The molecule has 3 amide bonds. The summed E-state index contributed by atoms with van der Waals surface area (Å²) in [5, 5.41) is 24.3. The molecule has 2 atom stereocenters. The number of urea groups is 1. The maximum Gasteiger partial charge on any atom is 0.424 e. The van der Waals surface area contributed by atoms with E-state index in [9.17, 15) is 24.6 Å². The summed E-state index contributed by atoms with van der Waals surface area (Å²) in [6.45, 7) is 4.27. The van der Waals surface area contributed by atoms with E-state index in [-0.39, 0.29) is 13.1 Å². The maximum atomic E-state index is 12.5. The summed E-state index contributed by atoms with van der Waals surface area (Å²) in [5.41, 5.74) is -2.34. The van der Waals surface area contributed by atoms with Crippen molar-refractivity contribution >= 4 is 18.1 Å². The van der Waals surface area contributed by atoms with Gasteiger partial charge in [-0.3, -0.25) is 5.32 Å². The predicted octanol–water partition coefficient (Wildman–Crippen LogP) is 0.939. The molecule has 2 rings (SSSR count). The van der Waals surface area contributed by atoms with Gasteiger partial charge in [-0.2, -0.15) is 4.48 Å². The van der Waals surface area contributed by atoms with Crippen LogP contribution in [-0.4, -0.2) is 39.8 Å². The molecule has 0 saturated carbocycles. The summed E-state index contributed by atoms with van der Waals surface area (Å²) in [6.07, 6.45) is -1.72. The van der Waals surface area contributed by atoms with Crippen LogP contribution in [0.15, 0.2) is 30.3 Å². The lowest BCUT2D eigenvalue weighted by Crippen LogP contribution is -2.76. The summed E-state index contributed by atoms with van der Waals surface area (Å²) < 4.78 is -1.31. The molecule has 0 spiro atoms. The average Bonchev–Trinajstić information content (AvgIpc) is 2.75. The first kappa shape index (κ1) is 17.0. The molecular weight excluding hydrogens is 300 g/mol. The number of nitrogens with zero attached hydrogens (tertiary/aromatic N) is 1. The minimum atomic E-state index is -1.88. The molecule has 7 heteroatoms. The van der Waals surface area contributed by atoms with E-state index in [4.69, 9.17) is 0 Å². The summed E-state index contributed by atoms with van der Waals surface area (Å²) in [5.74, 6) is -1.34. The van der Waals surface area contributed by atoms with Crippen LogP contribution in [0.4, 0.5) is 9.59 Å². The monoisotopic (exact) mass is 320 g/mol. The highest BCUT2D eigenvalue weighted by Gasteiger charge is 2.73. The highest BCUT2D eigenvalue weighted by atomic mass is 16.4. The molecule has 1 aromatic carbocycles. The number of imide groups is 1. The number of benzene rings is 1. The van der Waals surface area contributed by atoms with Crippen LogP contribution in [0, 0.1) is 5.41 Å². The molecule has 1 aromatic rings. The van der Waals surface area contributed by atoms with Gasteiger partial charge in [0, 0.05) is 11.0 Å². The van der Waals surface area contributed by atoms with Gasteiger partial charge in [0.15, 0.2) is 0 Å². The Morgan fingerprint density at radius 3 is 2.30 bits per heavy atom. The van der Waals surface area contributed by atoms with Crippen LogP contribution >= 0.6 is 0 Å². The van der Waals surface area contributed by atoms with E-state index in [1.807, 2.05) is 0 Å². The molecule has 2 N–H and O–H groups in total. The summed E-state index contributed by atoms with van der Waals surface area (Å²) >= 11 is 0. The van der Waals surface area contributed by atoms with Crippen LogP contribution in [-0.2, 0) is 11.3 Å². The molecule has 0 aromatic heterocycles. The molecule has 1 heterocycles. The highest BCUT2D eigenvalue weighted by molar-refractivity contribution is 5.91. The molecular formula is C16H20N2O5. The summed E-state index contributed by atoms with van der Waals surface area (Å²) in [6, 6.07) is 7.60. The second-order valence-electron chi connectivity index (χ2n) is 6.79. The first-order valence-corrected chi connectivity index (χ1v) is 7.25. The predicted molar refractivity (Wildman–Crippen MR) is 79.0 cm³/mol. The number of carboxylic acids is 1. The molecule has 23 heavy (non-hydrogen) atoms. The first-order valence-electron chi connectivity index (χ1n) is 7.25. The van der Waals surface area contributed by atoms with E-state index in [1.165, 1.54) is 0 Å². The van der Waals surface area contributed by atoms with Crippen LogP contribution in [0.1, 0.15) is 26.3 Å². The Kier molecular flexibility index (Phi) is 3.94. The van der Waals surface area contributed by atoms with Crippen LogP contribution < -0.4 is 10.4 Å². The number of aliphatic carboxylic acids is 1. The van der Waals surface area contributed by atoms with Gasteiger partial charge in [0.25, 0.3) is 6.09 Å². The number of carbonyl (C=O) groups is 3. The third kappa shape index (κ3) is 2.19. The second-order valence-corrected chi connectivity index (χ2v) is 6.79. The number of hydrogen-bond acceptors (Lipinski definition) is 4. The number of carbonyl (C=O) groups excluding carboxylic acids is 2. The lowest BCUT2D eigenvalue weighted by atomic mass is 9.71. The van der Waals surface area contributed by atoms with Crippen molar-refractivity contribution in [3.63, 3.8) is 0 Å². The summed E-state index contributed by atoms with van der Waals surface area (Å²) in [7, 11) is 0. The van der Waals surface area contributed by atoms with Gasteiger partial charge in [-0.25, -0.2) is 9.59 Å². The minimum Gasteiger partial charge on any atom is -0.498 e. The van der Waals surface area contributed by atoms with Crippen LogP contribution in [0.5, 0.6) is 0 Å². The van der Waals surface area contributed by atoms with Crippen LogP contribution in [0.2, 0.25) is 0 Å². The number of carboxylic acid groups (broad SMARTS) is 2. The quantitative estimate of drug-likeness (QED) is 0.806. The smallest absolute Gasteiger partial charge is 0.424 e. The number of rotatable bonds is 3. The average molecular weight is 320 g/mol. The number of hydrogen-bond donors (Lipinski definition) is 2. The Hall–Kier alpha value is -2.41. The van der Waals surface area contributed by atoms with Gasteiger partial charge < -0.3 is 15.0 Å². The van der Waals surface area contributed by atoms with E-state index in [2.05, 4.69) is 5.32 Å². The van der Waals surface area contributed by atoms with Gasteiger partial charge in [-0.1, -0.05) is 51.1 Å². The molecule has 7 nitrogen and oxygen atoms in total. The van der Waals surface area contributed by atoms with Gasteiger partial charge in [0.1, 0.15) is 6.54 Å². The Balaban J connectivity index is 2.73. The van der Waals surface area contributed by atoms with E-state index < -0.39 is 33.5 Å². The molecule has 0 radical (unpaired) electrons. The maximum absolute atomic E-state index is 12.5. The van der Waals surface area contributed by atoms with Gasteiger partial charge in [0.05, 0.1) is 6.54 Å². The molecule has 2 unspecified atom stereocenters. The highest BCUT2D eigenvalue weighted by Crippen LogP contribution is 2.45. The molecule has 124 valence electrons. The fraction of sp³-hybridized carbons (Fsp3) is 0.438. The lowest BCUT2D eigenvalue weighted by molar-refractivity contribution is -0.854. The molecule has 1 fully saturated rings. The van der Waals surface area contributed by atoms with Crippen molar-refractivity contribution in [2.24, 2.45) is 5.41 Å². The Labute approximate surface area is 134 Å². The van der Waals surface area contributed by atoms with Crippen LogP contribution in [0.3, 0.4) is 0 Å². The van der Waals surface area contributed by atoms with Gasteiger partial charge in [-0.15, -0.1) is 0 Å². The van der Waals surface area contributed by atoms with Crippen molar-refractivity contribution in [3.8, 4) is 0 Å². The van der Waals surface area contributed by atoms with Crippen molar-refractivity contribution in [2.45, 2.75) is 32.9 Å². The lowest BCUT2D eigenvalue weighted by Gasteiger charge is -2.48. The van der Waals surface area contributed by atoms with E-state index in [0.29, 0.717) is 5.56 Å². The Morgan fingerprint density at radius 1 is 1.30 bits per heavy atom. The third-order valence-electron chi connectivity index (χ3n) is 4.66. The Morgan fingerprint density at radius 2 is 1.87 bits per heavy atom. The van der Waals surface area contributed by atoms with Gasteiger partial charge >= 0.3 is 12.0 Å². The second kappa shape index (κ2) is 5.34. The third-order valence-corrected chi connectivity index (χ3v) is 4.66. The molecule has 1 aliphatic heterocycles. The number of amides is 3. The molecule has 0 aliphatic carbocycles. The fourth-order valence-corrected chi connectivity index (χ4v) is 3.41. The SMILES string of the molecule is CC(C)(C)C1(C(=O)O)CNC(=O)[N+]1(Cc1ccccc1)C(=O)[O-]. The van der Waals surface area contributed by atoms with Gasteiger partial charge in [0.2, 0.25) is 5.54 Å². The minimum absolute atomic E-state index is 0.272. The van der Waals surface area contributed by atoms with E-state index in [1.54, 1.807) is 51.1 Å². The zero-order valence-corrected chi connectivity index (χ0v) is 13.3.